The quantitative estimate of drug-likeness (QED) is 0.753. The van der Waals surface area contributed by atoms with Crippen LogP contribution in [0, 0.1) is 0 Å². The van der Waals surface area contributed by atoms with E-state index in [0.29, 0.717) is 13.2 Å². The van der Waals surface area contributed by atoms with Crippen molar-refractivity contribution in [1.82, 2.24) is 4.72 Å². The summed E-state index contributed by atoms with van der Waals surface area (Å²) in [6.45, 7) is 3.12. The van der Waals surface area contributed by atoms with Crippen LogP contribution in [0.3, 0.4) is 0 Å². The van der Waals surface area contributed by atoms with Gasteiger partial charge in [0.25, 0.3) is 0 Å². The average molecular weight is 255 g/mol. The molecule has 1 aromatic rings. The first-order valence-electron chi connectivity index (χ1n) is 5.44. The lowest BCUT2D eigenvalue weighted by Crippen LogP contribution is -2.25. The Bertz CT molecular complexity index is 440. The van der Waals surface area contributed by atoms with E-state index in [0.717, 1.165) is 11.0 Å². The lowest BCUT2D eigenvalue weighted by Gasteiger charge is -2.02. The Morgan fingerprint density at radius 1 is 1.29 bits per heavy atom. The van der Waals surface area contributed by atoms with Crippen LogP contribution in [0.2, 0.25) is 0 Å². The first-order chi connectivity index (χ1) is 8.14. The molecule has 94 valence electrons. The summed E-state index contributed by atoms with van der Waals surface area (Å²) < 4.78 is 30.5. The largest absolute Gasteiger partial charge is 0.380 e. The van der Waals surface area contributed by atoms with Gasteiger partial charge in [0, 0.05) is 18.6 Å². The lowest BCUT2D eigenvalue weighted by molar-refractivity contribution is 0.153. The molecular formula is C12H17NO3S. The van der Waals surface area contributed by atoms with Gasteiger partial charge < -0.3 is 4.74 Å². The normalized spacial score (nSPS) is 12.1. The first-order valence-corrected chi connectivity index (χ1v) is 6.99. The Morgan fingerprint density at radius 2 is 2.00 bits per heavy atom. The SMILES string of the molecule is CCOCCNS(=O)(=O)/C=C/c1ccccc1. The smallest absolute Gasteiger partial charge is 0.233 e. The van der Waals surface area contributed by atoms with Gasteiger partial charge in [0.15, 0.2) is 0 Å². The van der Waals surface area contributed by atoms with Crippen LogP contribution in [-0.2, 0) is 14.8 Å². The van der Waals surface area contributed by atoms with Gasteiger partial charge in [0.1, 0.15) is 0 Å². The number of benzene rings is 1. The van der Waals surface area contributed by atoms with E-state index < -0.39 is 10.0 Å². The van der Waals surface area contributed by atoms with E-state index in [9.17, 15) is 8.42 Å². The summed E-state index contributed by atoms with van der Waals surface area (Å²) in [5, 5.41) is 1.16. The number of hydrogen-bond donors (Lipinski definition) is 1. The molecule has 0 unspecified atom stereocenters. The van der Waals surface area contributed by atoms with Crippen molar-refractivity contribution in [3.63, 3.8) is 0 Å². The molecule has 0 radical (unpaired) electrons. The molecule has 0 amide bonds. The van der Waals surface area contributed by atoms with E-state index in [1.54, 1.807) is 6.08 Å². The highest BCUT2D eigenvalue weighted by Gasteiger charge is 2.03. The van der Waals surface area contributed by atoms with Crippen molar-refractivity contribution in [3.8, 4) is 0 Å². The number of rotatable bonds is 7. The third kappa shape index (κ3) is 6.21. The molecule has 0 fully saturated rings. The maximum atomic E-state index is 11.5. The Hall–Kier alpha value is -1.17. The van der Waals surface area contributed by atoms with Crippen molar-refractivity contribution in [3.05, 3.63) is 41.3 Å². The summed E-state index contributed by atoms with van der Waals surface area (Å²) in [7, 11) is -3.37. The third-order valence-electron chi connectivity index (χ3n) is 1.99. The Morgan fingerprint density at radius 3 is 2.65 bits per heavy atom. The van der Waals surface area contributed by atoms with E-state index in [2.05, 4.69) is 4.72 Å². The lowest BCUT2D eigenvalue weighted by atomic mass is 10.2. The molecule has 0 atom stereocenters. The minimum absolute atomic E-state index is 0.287. The summed E-state index contributed by atoms with van der Waals surface area (Å²) >= 11 is 0. The van der Waals surface area contributed by atoms with Crippen molar-refractivity contribution in [2.45, 2.75) is 6.92 Å². The number of ether oxygens (including phenoxy) is 1. The highest BCUT2D eigenvalue weighted by Crippen LogP contribution is 2.02. The van der Waals surface area contributed by atoms with Crippen molar-refractivity contribution < 1.29 is 13.2 Å². The van der Waals surface area contributed by atoms with Crippen LogP contribution in [0.5, 0.6) is 0 Å². The van der Waals surface area contributed by atoms with Crippen molar-refractivity contribution in [2.24, 2.45) is 0 Å². The minimum Gasteiger partial charge on any atom is -0.380 e. The van der Waals surface area contributed by atoms with E-state index >= 15 is 0 Å². The molecule has 0 saturated carbocycles. The molecule has 0 heterocycles. The molecule has 1 aromatic carbocycles. The van der Waals surface area contributed by atoms with Gasteiger partial charge in [-0.1, -0.05) is 30.3 Å². The highest BCUT2D eigenvalue weighted by atomic mass is 32.2. The second-order valence-corrected chi connectivity index (χ2v) is 5.00. The molecule has 0 saturated heterocycles. The molecule has 0 aliphatic carbocycles. The van der Waals surface area contributed by atoms with Gasteiger partial charge in [-0.3, -0.25) is 0 Å². The fourth-order valence-electron chi connectivity index (χ4n) is 1.18. The van der Waals surface area contributed by atoms with Gasteiger partial charge in [-0.25, -0.2) is 13.1 Å². The zero-order valence-corrected chi connectivity index (χ0v) is 10.6. The summed E-state index contributed by atoms with van der Waals surface area (Å²) in [5.74, 6) is 0. The Labute approximate surface area is 102 Å². The minimum atomic E-state index is -3.37. The van der Waals surface area contributed by atoms with Crippen LogP contribution in [0.25, 0.3) is 6.08 Å². The van der Waals surface area contributed by atoms with Crippen LogP contribution in [0.1, 0.15) is 12.5 Å². The fraction of sp³-hybridized carbons (Fsp3) is 0.333. The summed E-state index contributed by atoms with van der Waals surface area (Å²) in [4.78, 5) is 0. The summed E-state index contributed by atoms with van der Waals surface area (Å²) in [6.07, 6.45) is 1.56. The topological polar surface area (TPSA) is 55.4 Å². The molecule has 17 heavy (non-hydrogen) atoms. The van der Waals surface area contributed by atoms with Crippen LogP contribution in [-0.4, -0.2) is 28.2 Å². The highest BCUT2D eigenvalue weighted by molar-refractivity contribution is 7.92. The van der Waals surface area contributed by atoms with E-state index in [1.165, 1.54) is 0 Å². The van der Waals surface area contributed by atoms with E-state index in [1.807, 2.05) is 37.3 Å². The maximum Gasteiger partial charge on any atom is 0.233 e. The molecule has 1 rings (SSSR count). The summed E-state index contributed by atoms with van der Waals surface area (Å²) in [5.41, 5.74) is 0.850. The van der Waals surface area contributed by atoms with Gasteiger partial charge in [-0.15, -0.1) is 0 Å². The molecular weight excluding hydrogens is 238 g/mol. The van der Waals surface area contributed by atoms with Gasteiger partial charge in [-0.05, 0) is 18.6 Å². The molecule has 5 heteroatoms. The molecule has 0 aliphatic rings. The van der Waals surface area contributed by atoms with Crippen LogP contribution >= 0.6 is 0 Å². The standard InChI is InChI=1S/C12H17NO3S/c1-2-16-10-9-13-17(14,15)11-8-12-6-4-3-5-7-12/h3-8,11,13H,2,9-10H2,1H3/b11-8+. The predicted octanol–water partition coefficient (Wildman–Crippen LogP) is 1.61. The molecule has 0 aliphatic heterocycles. The van der Waals surface area contributed by atoms with Gasteiger partial charge in [0.05, 0.1) is 6.61 Å². The van der Waals surface area contributed by atoms with Gasteiger partial charge in [-0.2, -0.15) is 0 Å². The first kappa shape index (κ1) is 13.9. The van der Waals surface area contributed by atoms with E-state index in [-0.39, 0.29) is 6.54 Å². The molecule has 1 N–H and O–H groups in total. The zero-order chi connectivity index (χ0) is 12.6. The van der Waals surface area contributed by atoms with Gasteiger partial charge in [0.2, 0.25) is 10.0 Å². The van der Waals surface area contributed by atoms with Crippen molar-refractivity contribution >= 4 is 16.1 Å². The van der Waals surface area contributed by atoms with Gasteiger partial charge >= 0.3 is 0 Å². The van der Waals surface area contributed by atoms with Crippen molar-refractivity contribution in [2.75, 3.05) is 19.8 Å². The van der Waals surface area contributed by atoms with Crippen molar-refractivity contribution in [1.29, 1.82) is 0 Å². The molecule has 0 spiro atoms. The van der Waals surface area contributed by atoms with E-state index in [4.69, 9.17) is 4.74 Å². The third-order valence-corrected chi connectivity index (χ3v) is 3.09. The summed E-state index contributed by atoms with van der Waals surface area (Å²) in [6, 6.07) is 9.27. The van der Waals surface area contributed by atoms with Crippen LogP contribution < -0.4 is 4.72 Å². The zero-order valence-electron chi connectivity index (χ0n) is 9.80. The molecule has 4 nitrogen and oxygen atoms in total. The maximum absolute atomic E-state index is 11.5. The second-order valence-electron chi connectivity index (χ2n) is 3.35. The molecule has 0 bridgehead atoms. The Balaban J connectivity index is 2.46. The van der Waals surface area contributed by atoms with Crippen LogP contribution in [0.4, 0.5) is 0 Å². The monoisotopic (exact) mass is 255 g/mol. The fourth-order valence-corrected chi connectivity index (χ4v) is 1.98. The Kier molecular flexibility index (Phi) is 5.90. The number of nitrogens with one attached hydrogen (secondary N) is 1. The predicted molar refractivity (Wildman–Crippen MR) is 68.9 cm³/mol. The second kappa shape index (κ2) is 7.21. The average Bonchev–Trinajstić information content (AvgIpc) is 2.34. The van der Waals surface area contributed by atoms with Crippen LogP contribution in [0.15, 0.2) is 35.7 Å². The molecule has 0 aromatic heterocycles. The number of sulfonamides is 1. The number of hydrogen-bond acceptors (Lipinski definition) is 3.